The first-order valence-corrected chi connectivity index (χ1v) is 7.45. The number of anilines is 1. The van der Waals surface area contributed by atoms with Crippen LogP contribution in [0.2, 0.25) is 10.0 Å². The molecule has 2 aromatic rings. The molecular formula is C16H9Cl2F3N2O2. The number of nitrogens with one attached hydrogen (secondary N) is 1. The molecule has 0 aromatic heterocycles. The van der Waals surface area contributed by atoms with Crippen LogP contribution in [0.1, 0.15) is 15.9 Å². The smallest absolute Gasteiger partial charge is 0.422 e. The number of halogens is 5. The summed E-state index contributed by atoms with van der Waals surface area (Å²) in [7, 11) is 0. The minimum atomic E-state index is -4.52. The first-order valence-electron chi connectivity index (χ1n) is 6.70. The Hall–Kier alpha value is -2.43. The number of hydrogen-bond donors (Lipinski definition) is 1. The Morgan fingerprint density at radius 2 is 1.88 bits per heavy atom. The third kappa shape index (κ3) is 5.28. The highest BCUT2D eigenvalue weighted by Crippen LogP contribution is 2.26. The summed E-state index contributed by atoms with van der Waals surface area (Å²) in [4.78, 5) is 12.1. The maximum absolute atomic E-state index is 12.2. The van der Waals surface area contributed by atoms with Crippen LogP contribution >= 0.6 is 23.2 Å². The van der Waals surface area contributed by atoms with E-state index in [9.17, 15) is 18.0 Å². The second-order valence-electron chi connectivity index (χ2n) is 4.81. The molecule has 0 aliphatic heterocycles. The van der Waals surface area contributed by atoms with Crippen LogP contribution in [0.3, 0.4) is 0 Å². The Morgan fingerprint density at radius 1 is 1.16 bits per heavy atom. The predicted molar refractivity (Wildman–Crippen MR) is 87.1 cm³/mol. The molecule has 0 fully saturated rings. The number of nitrogens with zero attached hydrogens (tertiary/aromatic N) is 1. The molecule has 0 unspecified atom stereocenters. The first kappa shape index (κ1) is 18.9. The van der Waals surface area contributed by atoms with Gasteiger partial charge in [0.2, 0.25) is 0 Å². The van der Waals surface area contributed by atoms with Gasteiger partial charge in [-0.2, -0.15) is 18.4 Å². The summed E-state index contributed by atoms with van der Waals surface area (Å²) < 4.78 is 41.1. The molecule has 0 saturated carbocycles. The van der Waals surface area contributed by atoms with Gasteiger partial charge in [-0.25, -0.2) is 0 Å². The van der Waals surface area contributed by atoms with Gasteiger partial charge in [0, 0.05) is 11.3 Å². The number of carbonyl (C=O) groups excluding carboxylic acids is 1. The van der Waals surface area contributed by atoms with Crippen LogP contribution in [-0.2, 0) is 0 Å². The Labute approximate surface area is 150 Å². The minimum absolute atomic E-state index is 0.142. The molecule has 2 aromatic carbocycles. The fraction of sp³-hybridized carbons (Fsp3) is 0.125. The van der Waals surface area contributed by atoms with Crippen molar-refractivity contribution in [3.05, 3.63) is 57.6 Å². The van der Waals surface area contributed by atoms with Crippen molar-refractivity contribution < 1.29 is 22.7 Å². The zero-order chi connectivity index (χ0) is 18.6. The van der Waals surface area contributed by atoms with Gasteiger partial charge in [-0.3, -0.25) is 4.79 Å². The Kier molecular flexibility index (Phi) is 5.77. The number of hydrogen-bond acceptors (Lipinski definition) is 3. The molecule has 0 saturated heterocycles. The van der Waals surface area contributed by atoms with Gasteiger partial charge in [-0.05, 0) is 36.4 Å². The lowest BCUT2D eigenvalue weighted by Crippen LogP contribution is -2.19. The van der Waals surface area contributed by atoms with Crippen molar-refractivity contribution in [2.24, 2.45) is 0 Å². The second-order valence-corrected chi connectivity index (χ2v) is 5.62. The molecule has 0 radical (unpaired) electrons. The maximum atomic E-state index is 12.2. The number of carbonyl (C=O) groups is 1. The average molecular weight is 389 g/mol. The molecule has 1 amide bonds. The summed E-state index contributed by atoms with van der Waals surface area (Å²) in [5.74, 6) is -0.751. The lowest BCUT2D eigenvalue weighted by Gasteiger charge is -2.12. The molecule has 0 atom stereocenters. The van der Waals surface area contributed by atoms with Crippen molar-refractivity contribution in [3.8, 4) is 11.8 Å². The molecule has 0 aliphatic rings. The van der Waals surface area contributed by atoms with Crippen LogP contribution in [0.4, 0.5) is 18.9 Å². The van der Waals surface area contributed by atoms with E-state index in [-0.39, 0.29) is 32.6 Å². The third-order valence-electron chi connectivity index (χ3n) is 2.93. The van der Waals surface area contributed by atoms with Crippen molar-refractivity contribution in [1.29, 1.82) is 5.26 Å². The quantitative estimate of drug-likeness (QED) is 0.795. The number of ether oxygens (including phenoxy) is 1. The fourth-order valence-corrected chi connectivity index (χ4v) is 2.12. The lowest BCUT2D eigenvalue weighted by atomic mass is 10.1. The predicted octanol–water partition coefficient (Wildman–Crippen LogP) is 5.06. The Morgan fingerprint density at radius 3 is 2.48 bits per heavy atom. The van der Waals surface area contributed by atoms with Crippen LogP contribution in [0, 0.1) is 11.3 Å². The van der Waals surface area contributed by atoms with E-state index in [4.69, 9.17) is 28.5 Å². The monoisotopic (exact) mass is 388 g/mol. The minimum Gasteiger partial charge on any atom is -0.483 e. The molecular weight excluding hydrogens is 380 g/mol. The van der Waals surface area contributed by atoms with Crippen molar-refractivity contribution in [1.82, 2.24) is 0 Å². The van der Waals surface area contributed by atoms with Crippen molar-refractivity contribution in [2.45, 2.75) is 6.18 Å². The third-order valence-corrected chi connectivity index (χ3v) is 3.67. The zero-order valence-electron chi connectivity index (χ0n) is 12.3. The van der Waals surface area contributed by atoms with Crippen molar-refractivity contribution in [3.63, 3.8) is 0 Å². The van der Waals surface area contributed by atoms with E-state index in [1.54, 1.807) is 6.07 Å². The van der Waals surface area contributed by atoms with Gasteiger partial charge >= 0.3 is 6.18 Å². The van der Waals surface area contributed by atoms with E-state index < -0.39 is 18.7 Å². The van der Waals surface area contributed by atoms with Crippen molar-refractivity contribution in [2.75, 3.05) is 11.9 Å². The molecule has 0 heterocycles. The standard InChI is InChI=1S/C16H9Cl2F3N2O2/c17-12-3-1-9(6-13(12)18)15(24)23-11-2-4-14(10(5-11)7-22)25-8-16(19,20)21/h1-6H,8H2,(H,23,24). The highest BCUT2D eigenvalue weighted by Gasteiger charge is 2.28. The van der Waals surface area contributed by atoms with Gasteiger partial charge < -0.3 is 10.1 Å². The Bertz CT molecular complexity index is 848. The molecule has 0 spiro atoms. The molecule has 2 rings (SSSR count). The molecule has 0 bridgehead atoms. The largest absolute Gasteiger partial charge is 0.483 e. The average Bonchev–Trinajstić information content (AvgIpc) is 2.55. The van der Waals surface area contributed by atoms with Crippen LogP contribution in [0.5, 0.6) is 5.75 Å². The number of amides is 1. The van der Waals surface area contributed by atoms with Crippen LogP contribution in [0.15, 0.2) is 36.4 Å². The highest BCUT2D eigenvalue weighted by atomic mass is 35.5. The summed E-state index contributed by atoms with van der Waals surface area (Å²) >= 11 is 11.6. The lowest BCUT2D eigenvalue weighted by molar-refractivity contribution is -0.153. The fourth-order valence-electron chi connectivity index (χ4n) is 1.82. The summed E-state index contributed by atoms with van der Waals surface area (Å²) in [5.41, 5.74) is 0.300. The van der Waals surface area contributed by atoms with E-state index in [1.807, 2.05) is 0 Å². The molecule has 4 nitrogen and oxygen atoms in total. The first-order chi connectivity index (χ1) is 11.7. The van der Waals surface area contributed by atoms with E-state index >= 15 is 0 Å². The molecule has 0 aliphatic carbocycles. The summed E-state index contributed by atoms with van der Waals surface area (Å²) in [5, 5.41) is 12.0. The number of rotatable bonds is 4. The number of alkyl halides is 3. The van der Waals surface area contributed by atoms with E-state index in [0.717, 1.165) is 0 Å². The molecule has 130 valence electrons. The number of benzene rings is 2. The van der Waals surface area contributed by atoms with Crippen LogP contribution < -0.4 is 10.1 Å². The van der Waals surface area contributed by atoms with Gasteiger partial charge in [0.05, 0.1) is 15.6 Å². The number of nitriles is 1. The topological polar surface area (TPSA) is 62.1 Å². The zero-order valence-corrected chi connectivity index (χ0v) is 13.8. The van der Waals surface area contributed by atoms with E-state index in [2.05, 4.69) is 10.1 Å². The molecule has 9 heteroatoms. The molecule has 25 heavy (non-hydrogen) atoms. The van der Waals surface area contributed by atoms with Gasteiger partial charge in [0.25, 0.3) is 5.91 Å². The SMILES string of the molecule is N#Cc1cc(NC(=O)c2ccc(Cl)c(Cl)c2)ccc1OCC(F)(F)F. The van der Waals surface area contributed by atoms with E-state index in [1.165, 1.54) is 36.4 Å². The summed E-state index contributed by atoms with van der Waals surface area (Å²) in [6, 6.07) is 9.70. The van der Waals surface area contributed by atoms with Gasteiger partial charge in [-0.15, -0.1) is 0 Å². The Balaban J connectivity index is 2.16. The summed E-state index contributed by atoms with van der Waals surface area (Å²) in [6.45, 7) is -1.52. The van der Waals surface area contributed by atoms with Crippen molar-refractivity contribution >= 4 is 34.8 Å². The maximum Gasteiger partial charge on any atom is 0.422 e. The van der Waals surface area contributed by atoms with Gasteiger partial charge in [0.15, 0.2) is 6.61 Å². The van der Waals surface area contributed by atoms with Gasteiger partial charge in [-0.1, -0.05) is 23.2 Å². The van der Waals surface area contributed by atoms with Crippen LogP contribution in [-0.4, -0.2) is 18.7 Å². The van der Waals surface area contributed by atoms with Gasteiger partial charge in [0.1, 0.15) is 11.8 Å². The van der Waals surface area contributed by atoms with E-state index in [0.29, 0.717) is 0 Å². The van der Waals surface area contributed by atoms with Crippen LogP contribution in [0.25, 0.3) is 0 Å². The highest BCUT2D eigenvalue weighted by molar-refractivity contribution is 6.42. The normalized spacial score (nSPS) is 10.9. The second kappa shape index (κ2) is 7.64. The summed E-state index contributed by atoms with van der Waals surface area (Å²) in [6.07, 6.45) is -4.52. The molecule has 1 N–H and O–H groups in total.